The molecule has 6 heteroatoms. The minimum atomic E-state index is -0.805. The lowest BCUT2D eigenvalue weighted by atomic mass is 9.61. The van der Waals surface area contributed by atoms with Gasteiger partial charge in [-0.1, -0.05) is 19.1 Å². The molecule has 2 aliphatic carbocycles. The van der Waals surface area contributed by atoms with Crippen molar-refractivity contribution < 1.29 is 14.3 Å². The predicted molar refractivity (Wildman–Crippen MR) is 111 cm³/mol. The van der Waals surface area contributed by atoms with E-state index in [1.54, 1.807) is 18.2 Å². The Morgan fingerprint density at radius 1 is 1.32 bits per heavy atom. The number of aliphatic hydroxyl groups is 1. The Labute approximate surface area is 172 Å². The molecule has 156 valence electrons. The molecule has 4 nitrogen and oxygen atoms in total. The van der Waals surface area contributed by atoms with Gasteiger partial charge in [0, 0.05) is 6.04 Å². The number of halogens is 1. The molecule has 1 aromatic rings. The van der Waals surface area contributed by atoms with Crippen LogP contribution < -0.4 is 5.32 Å². The van der Waals surface area contributed by atoms with Gasteiger partial charge in [-0.25, -0.2) is 8.70 Å². The van der Waals surface area contributed by atoms with Crippen molar-refractivity contribution in [3.8, 4) is 0 Å². The number of hydrogen-bond acceptors (Lipinski definition) is 4. The lowest BCUT2D eigenvalue weighted by Gasteiger charge is -2.50. The van der Waals surface area contributed by atoms with E-state index in [-0.39, 0.29) is 17.8 Å². The van der Waals surface area contributed by atoms with Crippen molar-refractivity contribution >= 4 is 17.9 Å². The molecule has 5 atom stereocenters. The second-order valence-electron chi connectivity index (χ2n) is 9.56. The second-order valence-corrected chi connectivity index (χ2v) is 10.7. The highest BCUT2D eigenvalue weighted by Gasteiger charge is 2.46. The quantitative estimate of drug-likeness (QED) is 0.716. The van der Waals surface area contributed by atoms with Crippen molar-refractivity contribution in [3.63, 3.8) is 0 Å². The highest BCUT2D eigenvalue weighted by molar-refractivity contribution is 7.97. The van der Waals surface area contributed by atoms with Gasteiger partial charge in [0.2, 0.25) is 5.91 Å². The average molecular weight is 409 g/mol. The van der Waals surface area contributed by atoms with Gasteiger partial charge in [0.05, 0.1) is 10.5 Å². The van der Waals surface area contributed by atoms with E-state index in [0.29, 0.717) is 22.6 Å². The number of benzene rings is 1. The molecule has 2 aliphatic rings. The third-order valence-electron chi connectivity index (χ3n) is 6.61. The summed E-state index contributed by atoms with van der Waals surface area (Å²) >= 11 is 1.24. The summed E-state index contributed by atoms with van der Waals surface area (Å²) in [5.74, 6) is 0.904. The van der Waals surface area contributed by atoms with E-state index in [2.05, 4.69) is 12.2 Å². The fourth-order valence-electron chi connectivity index (χ4n) is 4.97. The largest absolute Gasteiger partial charge is 0.390 e. The molecule has 3 rings (SSSR count). The number of nitrogens with zero attached hydrogens (tertiary/aromatic N) is 1. The number of hydrogen-bond donors (Lipinski definition) is 2. The van der Waals surface area contributed by atoms with E-state index >= 15 is 0 Å². The number of fused-ring (bicyclic) bond motifs is 2. The van der Waals surface area contributed by atoms with Crippen LogP contribution in [-0.4, -0.2) is 39.5 Å². The van der Waals surface area contributed by atoms with Crippen molar-refractivity contribution in [1.82, 2.24) is 9.62 Å². The number of carbonyl (C=O) groups excluding carboxylic acids is 1. The highest BCUT2D eigenvalue weighted by Crippen LogP contribution is 2.46. The monoisotopic (exact) mass is 408 g/mol. The zero-order chi connectivity index (χ0) is 20.7. The normalized spacial score (nSPS) is 33.0. The third kappa shape index (κ3) is 4.55. The third-order valence-corrected chi connectivity index (χ3v) is 7.86. The summed E-state index contributed by atoms with van der Waals surface area (Å²) in [5.41, 5.74) is -1.44. The van der Waals surface area contributed by atoms with Gasteiger partial charge in [-0.2, -0.15) is 0 Å². The molecule has 0 radical (unpaired) electrons. The van der Waals surface area contributed by atoms with Crippen molar-refractivity contribution in [2.75, 3.05) is 7.05 Å². The van der Waals surface area contributed by atoms with Crippen LogP contribution in [0.15, 0.2) is 29.2 Å². The van der Waals surface area contributed by atoms with Gasteiger partial charge in [-0.15, -0.1) is 0 Å². The summed E-state index contributed by atoms with van der Waals surface area (Å²) in [4.78, 5) is 13.7. The van der Waals surface area contributed by atoms with Crippen molar-refractivity contribution in [2.24, 2.45) is 17.8 Å². The predicted octanol–water partition coefficient (Wildman–Crippen LogP) is 4.24. The van der Waals surface area contributed by atoms with Crippen molar-refractivity contribution in [3.05, 3.63) is 30.1 Å². The lowest BCUT2D eigenvalue weighted by molar-refractivity contribution is -0.132. The van der Waals surface area contributed by atoms with Crippen LogP contribution in [0.25, 0.3) is 0 Å². The molecule has 0 aromatic heterocycles. The first-order valence-electron chi connectivity index (χ1n) is 10.2. The molecule has 0 aliphatic heterocycles. The Bertz CT molecular complexity index is 722. The van der Waals surface area contributed by atoms with Crippen LogP contribution in [0.1, 0.15) is 53.4 Å². The zero-order valence-electron chi connectivity index (χ0n) is 17.5. The topological polar surface area (TPSA) is 52.6 Å². The summed E-state index contributed by atoms with van der Waals surface area (Å²) in [7, 11) is 1.82. The van der Waals surface area contributed by atoms with Crippen LogP contribution in [-0.2, 0) is 4.79 Å². The fourth-order valence-corrected chi connectivity index (χ4v) is 5.87. The molecule has 1 amide bonds. The number of carbonyl (C=O) groups is 1. The van der Waals surface area contributed by atoms with E-state index in [0.717, 1.165) is 25.7 Å². The first-order chi connectivity index (χ1) is 13.0. The maximum atomic E-state index is 14.0. The van der Waals surface area contributed by atoms with E-state index in [4.69, 9.17) is 0 Å². The molecule has 0 saturated heterocycles. The van der Waals surface area contributed by atoms with Crippen LogP contribution in [0, 0.1) is 23.6 Å². The SMILES string of the molecule is CC1CC2CC(CC(C)(O)C2)C1NC(=O)C(C)(C)N(C)Sc1ccccc1F. The first kappa shape index (κ1) is 21.6. The molecule has 0 heterocycles. The van der Waals surface area contributed by atoms with Crippen molar-refractivity contribution in [2.45, 2.75) is 75.5 Å². The molecule has 2 saturated carbocycles. The van der Waals surface area contributed by atoms with Gasteiger partial charge >= 0.3 is 0 Å². The van der Waals surface area contributed by atoms with Gasteiger partial charge in [0.1, 0.15) is 11.4 Å². The van der Waals surface area contributed by atoms with Crippen LogP contribution in [0.3, 0.4) is 0 Å². The Hall–Kier alpha value is -1.11. The van der Waals surface area contributed by atoms with Crippen molar-refractivity contribution in [1.29, 1.82) is 0 Å². The molecular weight excluding hydrogens is 375 g/mol. The zero-order valence-corrected chi connectivity index (χ0v) is 18.4. The van der Waals surface area contributed by atoms with Gasteiger partial charge < -0.3 is 10.4 Å². The summed E-state index contributed by atoms with van der Waals surface area (Å²) in [6.45, 7) is 7.85. The number of likely N-dealkylation sites (N-methyl/N-ethyl adjacent to an activating group) is 1. The average Bonchev–Trinajstić information content (AvgIpc) is 2.58. The molecule has 28 heavy (non-hydrogen) atoms. The van der Waals surface area contributed by atoms with Crippen LogP contribution in [0.2, 0.25) is 0 Å². The minimum absolute atomic E-state index is 0.0562. The maximum Gasteiger partial charge on any atom is 0.241 e. The van der Waals surface area contributed by atoms with Gasteiger partial charge in [-0.05, 0) is 95.3 Å². The Balaban J connectivity index is 1.69. The minimum Gasteiger partial charge on any atom is -0.390 e. The number of nitrogens with one attached hydrogen (secondary N) is 1. The lowest BCUT2D eigenvalue weighted by Crippen LogP contribution is -2.59. The fraction of sp³-hybridized carbons (Fsp3) is 0.682. The molecule has 2 bridgehead atoms. The van der Waals surface area contributed by atoms with Gasteiger partial charge in [0.25, 0.3) is 0 Å². The summed E-state index contributed by atoms with van der Waals surface area (Å²) in [6, 6.07) is 6.67. The second kappa shape index (κ2) is 7.96. The van der Waals surface area contributed by atoms with Crippen LogP contribution in [0.5, 0.6) is 0 Å². The van der Waals surface area contributed by atoms with Crippen LogP contribution >= 0.6 is 11.9 Å². The first-order valence-corrected chi connectivity index (χ1v) is 11.0. The summed E-state index contributed by atoms with van der Waals surface area (Å²) in [5, 5.41) is 13.9. The van der Waals surface area contributed by atoms with Gasteiger partial charge in [-0.3, -0.25) is 4.79 Å². The summed E-state index contributed by atoms with van der Waals surface area (Å²) in [6.07, 6.45) is 3.71. The standard InChI is InChI=1S/C22H33FN2O2S/c1-14-10-15-11-16(13-22(4,27)12-15)19(14)24-20(26)21(2,3)25(5)28-18-9-7-6-8-17(18)23/h6-9,14-16,19,27H,10-13H2,1-5H3,(H,24,26). The Kier molecular flexibility index (Phi) is 6.14. The highest BCUT2D eigenvalue weighted by atomic mass is 32.2. The number of rotatable bonds is 5. The van der Waals surface area contributed by atoms with Crippen LogP contribution in [0.4, 0.5) is 4.39 Å². The molecule has 1 aromatic carbocycles. The molecule has 0 spiro atoms. The van der Waals surface area contributed by atoms with E-state index < -0.39 is 11.1 Å². The molecule has 2 N–H and O–H groups in total. The summed E-state index contributed by atoms with van der Waals surface area (Å²) < 4.78 is 15.8. The van der Waals surface area contributed by atoms with E-state index in [9.17, 15) is 14.3 Å². The number of amides is 1. The molecule has 5 unspecified atom stereocenters. The smallest absolute Gasteiger partial charge is 0.241 e. The Morgan fingerprint density at radius 3 is 2.68 bits per heavy atom. The van der Waals surface area contributed by atoms with E-state index in [1.165, 1.54) is 18.0 Å². The van der Waals surface area contributed by atoms with Gasteiger partial charge in [0.15, 0.2) is 0 Å². The van der Waals surface area contributed by atoms with E-state index in [1.807, 2.05) is 32.1 Å². The molecule has 2 fully saturated rings. The molecular formula is C22H33FN2O2S. The Morgan fingerprint density at radius 2 is 2.00 bits per heavy atom. The maximum absolute atomic E-state index is 14.0.